The molecule has 5 heteroatoms. The molecule has 1 aromatic rings. The normalized spacial score (nSPS) is 9.31. The standard InChI is InChI=1S/C8H7ClN2OS/c9-6-2-1-5(8(10)13)3-7(6)11-4-12/h1-4H,(H2,10,13)(H,11,12). The van der Waals surface area contributed by atoms with E-state index in [1.54, 1.807) is 18.2 Å². The summed E-state index contributed by atoms with van der Waals surface area (Å²) in [5.41, 5.74) is 6.57. The number of hydrogen-bond donors (Lipinski definition) is 2. The van der Waals surface area contributed by atoms with Gasteiger partial charge in [-0.1, -0.05) is 29.9 Å². The highest BCUT2D eigenvalue weighted by Gasteiger charge is 2.02. The first kappa shape index (κ1) is 9.95. The Labute approximate surface area is 85.9 Å². The SMILES string of the molecule is NC(=S)c1ccc(Cl)c(NC=O)c1. The zero-order valence-electron chi connectivity index (χ0n) is 6.58. The maximum absolute atomic E-state index is 10.2. The third-order valence-corrected chi connectivity index (χ3v) is 2.03. The summed E-state index contributed by atoms with van der Waals surface area (Å²) in [4.78, 5) is 10.4. The van der Waals surface area contributed by atoms with E-state index in [0.29, 0.717) is 22.7 Å². The molecule has 1 amide bonds. The average molecular weight is 215 g/mol. The van der Waals surface area contributed by atoms with E-state index in [0.717, 1.165) is 0 Å². The minimum absolute atomic E-state index is 0.269. The number of amides is 1. The van der Waals surface area contributed by atoms with Crippen LogP contribution in [0.15, 0.2) is 18.2 Å². The fraction of sp³-hybridized carbons (Fsp3) is 0. The minimum atomic E-state index is 0.269. The number of carbonyl (C=O) groups excluding carboxylic acids is 1. The van der Waals surface area contributed by atoms with Crippen molar-refractivity contribution >= 4 is 40.9 Å². The van der Waals surface area contributed by atoms with Gasteiger partial charge in [0.2, 0.25) is 6.41 Å². The Kier molecular flexibility index (Phi) is 3.22. The van der Waals surface area contributed by atoms with Crippen molar-refractivity contribution in [3.8, 4) is 0 Å². The third kappa shape index (κ3) is 2.40. The van der Waals surface area contributed by atoms with Gasteiger partial charge in [-0.25, -0.2) is 0 Å². The summed E-state index contributed by atoms with van der Waals surface area (Å²) in [5, 5.41) is 2.89. The van der Waals surface area contributed by atoms with Crippen LogP contribution < -0.4 is 11.1 Å². The molecule has 13 heavy (non-hydrogen) atoms. The molecule has 68 valence electrons. The van der Waals surface area contributed by atoms with E-state index < -0.39 is 0 Å². The number of nitrogens with one attached hydrogen (secondary N) is 1. The van der Waals surface area contributed by atoms with Crippen LogP contribution in [0.25, 0.3) is 0 Å². The first-order chi connectivity index (χ1) is 6.15. The Morgan fingerprint density at radius 2 is 2.31 bits per heavy atom. The van der Waals surface area contributed by atoms with Crippen LogP contribution in [-0.2, 0) is 4.79 Å². The van der Waals surface area contributed by atoms with Crippen molar-refractivity contribution in [2.75, 3.05) is 5.32 Å². The predicted octanol–water partition coefficient (Wildman–Crippen LogP) is 1.54. The van der Waals surface area contributed by atoms with Crippen molar-refractivity contribution < 1.29 is 4.79 Å². The van der Waals surface area contributed by atoms with E-state index in [1.165, 1.54) is 0 Å². The Morgan fingerprint density at radius 1 is 1.62 bits per heavy atom. The van der Waals surface area contributed by atoms with Crippen LogP contribution in [0.1, 0.15) is 5.56 Å². The lowest BCUT2D eigenvalue weighted by Gasteiger charge is -2.04. The molecule has 0 fully saturated rings. The third-order valence-electron chi connectivity index (χ3n) is 1.47. The summed E-state index contributed by atoms with van der Waals surface area (Å²) in [5.74, 6) is 0. The first-order valence-electron chi connectivity index (χ1n) is 3.44. The quantitative estimate of drug-likeness (QED) is 0.593. The Hall–Kier alpha value is -1.13. The van der Waals surface area contributed by atoms with Gasteiger partial charge in [0.25, 0.3) is 0 Å². The second-order valence-electron chi connectivity index (χ2n) is 2.32. The molecule has 0 unspecified atom stereocenters. The lowest BCUT2D eigenvalue weighted by Crippen LogP contribution is -2.09. The molecule has 0 radical (unpaired) electrons. The van der Waals surface area contributed by atoms with Crippen LogP contribution in [-0.4, -0.2) is 11.4 Å². The van der Waals surface area contributed by atoms with Crippen LogP contribution in [0.2, 0.25) is 5.02 Å². The van der Waals surface area contributed by atoms with Crippen molar-refractivity contribution in [2.45, 2.75) is 0 Å². The topological polar surface area (TPSA) is 55.1 Å². The lowest BCUT2D eigenvalue weighted by atomic mass is 10.2. The van der Waals surface area contributed by atoms with Crippen molar-refractivity contribution in [3.05, 3.63) is 28.8 Å². The predicted molar refractivity (Wildman–Crippen MR) is 57.0 cm³/mol. The molecule has 0 spiro atoms. The smallest absolute Gasteiger partial charge is 0.211 e. The van der Waals surface area contributed by atoms with Gasteiger partial charge in [0.15, 0.2) is 0 Å². The van der Waals surface area contributed by atoms with Crippen molar-refractivity contribution in [3.63, 3.8) is 0 Å². The van der Waals surface area contributed by atoms with Crippen LogP contribution >= 0.6 is 23.8 Å². The van der Waals surface area contributed by atoms with E-state index >= 15 is 0 Å². The molecule has 1 aromatic carbocycles. The number of thiocarbonyl (C=S) groups is 1. The molecule has 0 aliphatic heterocycles. The highest BCUT2D eigenvalue weighted by atomic mass is 35.5. The highest BCUT2D eigenvalue weighted by molar-refractivity contribution is 7.80. The maximum atomic E-state index is 10.2. The second kappa shape index (κ2) is 4.20. The Morgan fingerprint density at radius 3 is 2.85 bits per heavy atom. The molecule has 0 aromatic heterocycles. The molecule has 3 N–H and O–H groups in total. The van der Waals surface area contributed by atoms with Crippen LogP contribution in [0.3, 0.4) is 0 Å². The molecule has 0 saturated heterocycles. The molecule has 0 atom stereocenters. The number of rotatable bonds is 3. The molecule has 3 nitrogen and oxygen atoms in total. The molecular weight excluding hydrogens is 208 g/mol. The van der Waals surface area contributed by atoms with E-state index in [-0.39, 0.29) is 4.99 Å². The van der Waals surface area contributed by atoms with E-state index in [1.807, 2.05) is 0 Å². The monoisotopic (exact) mass is 214 g/mol. The van der Waals surface area contributed by atoms with Gasteiger partial charge in [-0.3, -0.25) is 4.79 Å². The molecule has 0 aliphatic rings. The second-order valence-corrected chi connectivity index (χ2v) is 3.17. The molecule has 0 heterocycles. The van der Waals surface area contributed by atoms with Crippen molar-refractivity contribution in [2.24, 2.45) is 5.73 Å². The van der Waals surface area contributed by atoms with Gasteiger partial charge < -0.3 is 11.1 Å². The van der Waals surface area contributed by atoms with Gasteiger partial charge in [-0.05, 0) is 12.1 Å². The summed E-state index contributed by atoms with van der Waals surface area (Å²) in [7, 11) is 0. The van der Waals surface area contributed by atoms with Crippen LogP contribution in [0, 0.1) is 0 Å². The fourth-order valence-corrected chi connectivity index (χ4v) is 1.15. The number of nitrogens with two attached hydrogens (primary N) is 1. The summed E-state index contributed by atoms with van der Waals surface area (Å²) >= 11 is 10.5. The molecular formula is C8H7ClN2OS. The van der Waals surface area contributed by atoms with Gasteiger partial charge in [-0.2, -0.15) is 0 Å². The number of halogens is 1. The van der Waals surface area contributed by atoms with Crippen LogP contribution in [0.4, 0.5) is 5.69 Å². The summed E-state index contributed by atoms with van der Waals surface area (Å²) in [6.07, 6.45) is 0.546. The van der Waals surface area contributed by atoms with Gasteiger partial charge in [0, 0.05) is 5.56 Å². The summed E-state index contributed by atoms with van der Waals surface area (Å²) in [6.45, 7) is 0. The maximum Gasteiger partial charge on any atom is 0.211 e. The molecule has 1 rings (SSSR count). The lowest BCUT2D eigenvalue weighted by molar-refractivity contribution is -0.105. The Bertz CT molecular complexity index is 354. The highest BCUT2D eigenvalue weighted by Crippen LogP contribution is 2.22. The number of hydrogen-bond acceptors (Lipinski definition) is 2. The van der Waals surface area contributed by atoms with Gasteiger partial charge in [0.05, 0.1) is 10.7 Å². The number of benzene rings is 1. The largest absolute Gasteiger partial charge is 0.389 e. The van der Waals surface area contributed by atoms with Crippen molar-refractivity contribution in [1.82, 2.24) is 0 Å². The van der Waals surface area contributed by atoms with Crippen molar-refractivity contribution in [1.29, 1.82) is 0 Å². The van der Waals surface area contributed by atoms with Gasteiger partial charge >= 0.3 is 0 Å². The zero-order valence-corrected chi connectivity index (χ0v) is 8.15. The fourth-order valence-electron chi connectivity index (χ4n) is 0.853. The zero-order chi connectivity index (χ0) is 9.84. The van der Waals surface area contributed by atoms with Gasteiger partial charge in [-0.15, -0.1) is 0 Å². The van der Waals surface area contributed by atoms with Gasteiger partial charge in [0.1, 0.15) is 4.99 Å². The average Bonchev–Trinajstić information content (AvgIpc) is 2.08. The Balaban J connectivity index is 3.10. The van der Waals surface area contributed by atoms with E-state index in [9.17, 15) is 4.79 Å². The minimum Gasteiger partial charge on any atom is -0.389 e. The summed E-state index contributed by atoms with van der Waals surface area (Å²) < 4.78 is 0. The van der Waals surface area contributed by atoms with Crippen LogP contribution in [0.5, 0.6) is 0 Å². The number of carbonyl (C=O) groups is 1. The number of anilines is 1. The molecule has 0 saturated carbocycles. The summed E-state index contributed by atoms with van der Waals surface area (Å²) in [6, 6.07) is 4.95. The van der Waals surface area contributed by atoms with E-state index in [2.05, 4.69) is 5.32 Å². The molecule has 0 aliphatic carbocycles. The first-order valence-corrected chi connectivity index (χ1v) is 4.23. The van der Waals surface area contributed by atoms with E-state index in [4.69, 9.17) is 29.6 Å². The molecule has 0 bridgehead atoms.